The maximum Gasteiger partial charge on any atom is 0.228 e. The fraction of sp³-hybridized carbons (Fsp3) is 0.619. The fourth-order valence-electron chi connectivity index (χ4n) is 3.51. The Morgan fingerprint density at radius 1 is 1.19 bits per heavy atom. The Kier molecular flexibility index (Phi) is 5.69. The Morgan fingerprint density at radius 3 is 2.38 bits per heavy atom. The molecular formula is C21H32N2O3. The lowest BCUT2D eigenvalue weighted by atomic mass is 9.91. The van der Waals surface area contributed by atoms with Crippen LogP contribution in [0.1, 0.15) is 45.7 Å². The van der Waals surface area contributed by atoms with Crippen molar-refractivity contribution in [2.45, 2.75) is 53.5 Å². The number of methoxy groups -OCH3 is 1. The summed E-state index contributed by atoms with van der Waals surface area (Å²) in [4.78, 5) is 29.3. The number of rotatable bonds is 3. The summed E-state index contributed by atoms with van der Waals surface area (Å²) in [5.41, 5.74) is 1.21. The quantitative estimate of drug-likeness (QED) is 0.832. The van der Waals surface area contributed by atoms with Crippen molar-refractivity contribution in [2.24, 2.45) is 5.41 Å². The number of carbonyl (C=O) groups excluding carboxylic acids is 2. The molecule has 0 radical (unpaired) electrons. The third-order valence-electron chi connectivity index (χ3n) is 4.96. The van der Waals surface area contributed by atoms with Gasteiger partial charge < -0.3 is 14.5 Å². The summed E-state index contributed by atoms with van der Waals surface area (Å²) >= 11 is 0. The second-order valence-corrected chi connectivity index (χ2v) is 8.82. The minimum Gasteiger partial charge on any atom is -0.496 e. The zero-order valence-electron chi connectivity index (χ0n) is 17.2. The number of benzene rings is 1. The van der Waals surface area contributed by atoms with Crippen molar-refractivity contribution in [3.8, 4) is 5.75 Å². The average Bonchev–Trinajstić information content (AvgIpc) is 2.53. The first-order chi connectivity index (χ1) is 12.0. The van der Waals surface area contributed by atoms with E-state index in [1.54, 1.807) is 7.11 Å². The molecule has 0 spiro atoms. The average molecular weight is 360 g/mol. The van der Waals surface area contributed by atoms with Gasteiger partial charge in [0.2, 0.25) is 11.8 Å². The van der Waals surface area contributed by atoms with Crippen LogP contribution in [0.5, 0.6) is 5.75 Å². The first-order valence-corrected chi connectivity index (χ1v) is 9.19. The first kappa shape index (κ1) is 20.3. The van der Waals surface area contributed by atoms with Crippen LogP contribution in [0.25, 0.3) is 0 Å². The molecule has 0 aromatic heterocycles. The van der Waals surface area contributed by atoms with Crippen LogP contribution in [0.2, 0.25) is 0 Å². The second-order valence-electron chi connectivity index (χ2n) is 8.82. The molecule has 144 valence electrons. The molecule has 0 aliphatic carbocycles. The highest BCUT2D eigenvalue weighted by molar-refractivity contribution is 5.83. The summed E-state index contributed by atoms with van der Waals surface area (Å²) in [5, 5.41) is 0. The van der Waals surface area contributed by atoms with Gasteiger partial charge in [0, 0.05) is 25.0 Å². The van der Waals surface area contributed by atoms with Crippen LogP contribution in [0.4, 0.5) is 0 Å². The number of piperazine rings is 1. The maximum absolute atomic E-state index is 12.9. The molecule has 1 aromatic carbocycles. The van der Waals surface area contributed by atoms with Crippen LogP contribution >= 0.6 is 0 Å². The summed E-state index contributed by atoms with van der Waals surface area (Å²) in [7, 11) is 1.64. The van der Waals surface area contributed by atoms with Gasteiger partial charge in [0.15, 0.2) is 0 Å². The van der Waals surface area contributed by atoms with E-state index in [2.05, 4.69) is 0 Å². The maximum atomic E-state index is 12.9. The van der Waals surface area contributed by atoms with E-state index in [1.165, 1.54) is 0 Å². The number of ether oxygens (including phenoxy) is 1. The molecule has 1 heterocycles. The molecule has 0 saturated carbocycles. The highest BCUT2D eigenvalue weighted by Crippen LogP contribution is 2.27. The highest BCUT2D eigenvalue weighted by Gasteiger charge is 2.40. The molecule has 0 bridgehead atoms. The van der Waals surface area contributed by atoms with Crippen molar-refractivity contribution >= 4 is 11.8 Å². The summed E-state index contributed by atoms with van der Waals surface area (Å²) in [6, 6.07) is 5.88. The lowest BCUT2D eigenvalue weighted by molar-refractivity contribution is -0.151. The molecule has 1 fully saturated rings. The van der Waals surface area contributed by atoms with Crippen LogP contribution in [-0.4, -0.2) is 53.9 Å². The summed E-state index contributed by atoms with van der Waals surface area (Å²) in [6.45, 7) is 13.6. The molecule has 1 aromatic rings. The zero-order chi connectivity index (χ0) is 19.7. The molecule has 1 aliphatic rings. The third kappa shape index (κ3) is 4.37. The monoisotopic (exact) mass is 360 g/mol. The van der Waals surface area contributed by atoms with E-state index in [0.717, 1.165) is 16.9 Å². The summed E-state index contributed by atoms with van der Waals surface area (Å²) < 4.78 is 5.36. The van der Waals surface area contributed by atoms with Crippen LogP contribution in [0.3, 0.4) is 0 Å². The van der Waals surface area contributed by atoms with E-state index in [1.807, 2.05) is 69.5 Å². The smallest absolute Gasteiger partial charge is 0.228 e. The standard InChI is InChI=1S/C21H32N2O3/c1-15-8-9-16(12-17(15)26-7)13-18(24)23-11-10-22(14-21(23,5)6)19(25)20(2,3)4/h8-9,12H,10-11,13-14H2,1-7H3. The van der Waals surface area contributed by atoms with Gasteiger partial charge in [0.05, 0.1) is 19.1 Å². The molecule has 1 aliphatic heterocycles. The largest absolute Gasteiger partial charge is 0.496 e. The van der Waals surface area contributed by atoms with Gasteiger partial charge in [-0.3, -0.25) is 9.59 Å². The molecule has 0 unspecified atom stereocenters. The van der Waals surface area contributed by atoms with Crippen molar-refractivity contribution in [2.75, 3.05) is 26.7 Å². The molecule has 5 nitrogen and oxygen atoms in total. The van der Waals surface area contributed by atoms with Crippen molar-refractivity contribution in [3.05, 3.63) is 29.3 Å². The number of hydrogen-bond acceptors (Lipinski definition) is 3. The van der Waals surface area contributed by atoms with Gasteiger partial charge in [0.25, 0.3) is 0 Å². The van der Waals surface area contributed by atoms with Crippen LogP contribution < -0.4 is 4.74 Å². The van der Waals surface area contributed by atoms with Gasteiger partial charge in [-0.15, -0.1) is 0 Å². The Morgan fingerprint density at radius 2 is 1.85 bits per heavy atom. The third-order valence-corrected chi connectivity index (χ3v) is 4.96. The van der Waals surface area contributed by atoms with Crippen molar-refractivity contribution in [1.82, 2.24) is 9.80 Å². The van der Waals surface area contributed by atoms with Gasteiger partial charge >= 0.3 is 0 Å². The number of carbonyl (C=O) groups is 2. The summed E-state index contributed by atoms with van der Waals surface area (Å²) in [5.74, 6) is 1.03. The Balaban J connectivity index is 2.10. The summed E-state index contributed by atoms with van der Waals surface area (Å²) in [6.07, 6.45) is 0.341. The van der Waals surface area contributed by atoms with Gasteiger partial charge in [-0.25, -0.2) is 0 Å². The highest BCUT2D eigenvalue weighted by atomic mass is 16.5. The molecule has 1 saturated heterocycles. The Labute approximate surface area is 157 Å². The molecule has 0 N–H and O–H groups in total. The molecule has 5 heteroatoms. The van der Waals surface area contributed by atoms with Crippen molar-refractivity contribution in [3.63, 3.8) is 0 Å². The Bertz CT molecular complexity index is 689. The van der Waals surface area contributed by atoms with E-state index in [-0.39, 0.29) is 17.4 Å². The molecular weight excluding hydrogens is 328 g/mol. The van der Waals surface area contributed by atoms with Crippen molar-refractivity contribution < 1.29 is 14.3 Å². The molecule has 26 heavy (non-hydrogen) atoms. The predicted octanol–water partition coefficient (Wildman–Crippen LogP) is 3.04. The van der Waals surface area contributed by atoms with Crippen LogP contribution in [0.15, 0.2) is 18.2 Å². The SMILES string of the molecule is COc1cc(CC(=O)N2CCN(C(=O)C(C)(C)C)CC2(C)C)ccc1C. The van der Waals surface area contributed by atoms with E-state index in [9.17, 15) is 9.59 Å². The minimum absolute atomic E-state index is 0.0868. The van der Waals surface area contributed by atoms with Gasteiger partial charge in [-0.1, -0.05) is 32.9 Å². The Hall–Kier alpha value is -2.04. The first-order valence-electron chi connectivity index (χ1n) is 9.19. The van der Waals surface area contributed by atoms with E-state index in [4.69, 9.17) is 4.74 Å². The molecule has 2 amide bonds. The molecule has 0 atom stereocenters. The fourth-order valence-corrected chi connectivity index (χ4v) is 3.51. The normalized spacial score (nSPS) is 17.2. The van der Waals surface area contributed by atoms with Gasteiger partial charge in [0.1, 0.15) is 5.75 Å². The van der Waals surface area contributed by atoms with Crippen LogP contribution in [-0.2, 0) is 16.0 Å². The topological polar surface area (TPSA) is 49.9 Å². The van der Waals surface area contributed by atoms with Crippen LogP contribution in [0, 0.1) is 12.3 Å². The minimum atomic E-state index is -0.402. The van der Waals surface area contributed by atoms with Crippen molar-refractivity contribution in [1.29, 1.82) is 0 Å². The second kappa shape index (κ2) is 7.29. The van der Waals surface area contributed by atoms with E-state index in [0.29, 0.717) is 26.1 Å². The predicted molar refractivity (Wildman–Crippen MR) is 103 cm³/mol. The number of amides is 2. The number of aryl methyl sites for hydroxylation is 1. The number of hydrogen-bond donors (Lipinski definition) is 0. The van der Waals surface area contributed by atoms with Gasteiger partial charge in [-0.2, -0.15) is 0 Å². The van der Waals surface area contributed by atoms with E-state index >= 15 is 0 Å². The number of nitrogens with zero attached hydrogens (tertiary/aromatic N) is 2. The molecule has 2 rings (SSSR count). The van der Waals surface area contributed by atoms with Gasteiger partial charge in [-0.05, 0) is 38.0 Å². The van der Waals surface area contributed by atoms with E-state index < -0.39 is 5.41 Å². The zero-order valence-corrected chi connectivity index (χ0v) is 17.2. The lowest BCUT2D eigenvalue weighted by Crippen LogP contribution is -2.63. The lowest BCUT2D eigenvalue weighted by Gasteiger charge is -2.48.